The number of hydrogen-bond donors (Lipinski definition) is 0. The minimum atomic E-state index is -0.570. The van der Waals surface area contributed by atoms with Crippen LogP contribution in [-0.4, -0.2) is 20.4 Å². The number of pyridine rings is 1. The molecule has 0 N–H and O–H groups in total. The average molecular weight is 346 g/mol. The molecule has 128 valence electrons. The van der Waals surface area contributed by atoms with Gasteiger partial charge in [0, 0.05) is 12.4 Å². The summed E-state index contributed by atoms with van der Waals surface area (Å²) in [6.07, 6.45) is 4.49. The van der Waals surface area contributed by atoms with E-state index in [4.69, 9.17) is 4.42 Å². The van der Waals surface area contributed by atoms with Crippen molar-refractivity contribution in [3.05, 3.63) is 93.3 Å². The lowest BCUT2D eigenvalue weighted by Crippen LogP contribution is -2.37. The van der Waals surface area contributed by atoms with Crippen LogP contribution in [0.2, 0.25) is 0 Å². The van der Waals surface area contributed by atoms with Crippen LogP contribution in [0.3, 0.4) is 0 Å². The van der Waals surface area contributed by atoms with Crippen LogP contribution in [0.15, 0.2) is 80.0 Å². The summed E-state index contributed by atoms with van der Waals surface area (Å²) in [5.41, 5.74) is -0.123. The Hall–Kier alpha value is -3.74. The molecular weight excluding hydrogens is 332 g/mol. The molecule has 7 nitrogen and oxygen atoms in total. The molecule has 1 aromatic carbocycles. The van der Waals surface area contributed by atoms with E-state index in [2.05, 4.69) is 10.1 Å². The molecule has 0 spiro atoms. The van der Waals surface area contributed by atoms with Crippen molar-refractivity contribution in [1.29, 1.82) is 0 Å². The Morgan fingerprint density at radius 1 is 1.04 bits per heavy atom. The summed E-state index contributed by atoms with van der Waals surface area (Å²) in [6.45, 7) is 1.82. The molecule has 3 aromatic heterocycles. The number of benzene rings is 1. The van der Waals surface area contributed by atoms with Gasteiger partial charge in [0.05, 0.1) is 22.8 Å². The summed E-state index contributed by atoms with van der Waals surface area (Å²) >= 11 is 0. The van der Waals surface area contributed by atoms with Gasteiger partial charge in [0.1, 0.15) is 11.5 Å². The summed E-state index contributed by atoms with van der Waals surface area (Å²) in [5, 5.41) is 4.64. The number of nitrogens with zero attached hydrogens (tertiary/aromatic N) is 4. The van der Waals surface area contributed by atoms with E-state index in [1.54, 1.807) is 48.5 Å². The Bertz CT molecular complexity index is 1230. The van der Waals surface area contributed by atoms with Crippen molar-refractivity contribution in [2.24, 2.45) is 5.10 Å². The van der Waals surface area contributed by atoms with Crippen molar-refractivity contribution in [3.8, 4) is 5.69 Å². The number of rotatable bonds is 3. The van der Waals surface area contributed by atoms with E-state index in [0.717, 1.165) is 10.3 Å². The smallest absolute Gasteiger partial charge is 0.356 e. The van der Waals surface area contributed by atoms with Gasteiger partial charge in [-0.15, -0.1) is 0 Å². The summed E-state index contributed by atoms with van der Waals surface area (Å²) in [5.74, 6) is 1.26. The van der Waals surface area contributed by atoms with Crippen molar-refractivity contribution in [1.82, 2.24) is 14.2 Å². The van der Waals surface area contributed by atoms with E-state index < -0.39 is 11.2 Å². The van der Waals surface area contributed by atoms with Gasteiger partial charge in [-0.1, -0.05) is 12.1 Å². The van der Waals surface area contributed by atoms with E-state index in [1.165, 1.54) is 23.3 Å². The third-order valence-electron chi connectivity index (χ3n) is 3.92. The van der Waals surface area contributed by atoms with Crippen LogP contribution in [0.5, 0.6) is 0 Å². The maximum absolute atomic E-state index is 13.0. The van der Waals surface area contributed by atoms with E-state index >= 15 is 0 Å². The zero-order valence-corrected chi connectivity index (χ0v) is 13.9. The highest BCUT2D eigenvalue weighted by Gasteiger charge is 2.13. The summed E-state index contributed by atoms with van der Waals surface area (Å²) in [6, 6.07) is 13.6. The molecule has 0 aliphatic heterocycles. The van der Waals surface area contributed by atoms with Gasteiger partial charge in [-0.2, -0.15) is 9.78 Å². The molecule has 0 bridgehead atoms. The van der Waals surface area contributed by atoms with Crippen molar-refractivity contribution >= 4 is 17.1 Å². The SMILES string of the molecule is Cc1ccc(C=Nn2c(=O)n(-c3ccncc3)c(=O)c3ccccc32)o1. The Morgan fingerprint density at radius 3 is 2.54 bits per heavy atom. The molecule has 7 heteroatoms. The molecule has 4 rings (SSSR count). The minimum absolute atomic E-state index is 0.386. The van der Waals surface area contributed by atoms with Gasteiger partial charge in [-0.25, -0.2) is 9.36 Å². The molecule has 4 aromatic rings. The largest absolute Gasteiger partial charge is 0.460 e. The number of aromatic nitrogens is 3. The lowest BCUT2D eigenvalue weighted by atomic mass is 10.2. The van der Waals surface area contributed by atoms with Crippen molar-refractivity contribution in [2.45, 2.75) is 6.92 Å². The first kappa shape index (κ1) is 15.8. The number of hydrogen-bond acceptors (Lipinski definition) is 5. The molecule has 0 amide bonds. The highest BCUT2D eigenvalue weighted by atomic mass is 16.3. The topological polar surface area (TPSA) is 82.4 Å². The molecule has 0 aliphatic rings. The highest BCUT2D eigenvalue weighted by Crippen LogP contribution is 2.10. The molecule has 0 saturated carbocycles. The Balaban J connectivity index is 2.01. The van der Waals surface area contributed by atoms with Crippen LogP contribution in [0.25, 0.3) is 16.6 Å². The number of aryl methyl sites for hydroxylation is 1. The standard InChI is InChI=1S/C19H14N4O3/c1-13-6-7-15(26-13)12-21-23-17-5-3-2-4-16(17)18(24)22(19(23)25)14-8-10-20-11-9-14/h2-12H,1H3. The van der Waals surface area contributed by atoms with Crippen molar-refractivity contribution in [2.75, 3.05) is 0 Å². The van der Waals surface area contributed by atoms with Gasteiger partial charge in [0.2, 0.25) is 0 Å². The normalized spacial score (nSPS) is 11.4. The van der Waals surface area contributed by atoms with E-state index in [0.29, 0.717) is 22.4 Å². The maximum atomic E-state index is 13.0. The molecular formula is C19H14N4O3. The van der Waals surface area contributed by atoms with Gasteiger partial charge in [-0.05, 0) is 43.3 Å². The van der Waals surface area contributed by atoms with Crippen LogP contribution in [0.4, 0.5) is 0 Å². The molecule has 3 heterocycles. The van der Waals surface area contributed by atoms with Gasteiger partial charge < -0.3 is 4.42 Å². The van der Waals surface area contributed by atoms with Gasteiger partial charge >= 0.3 is 5.69 Å². The fourth-order valence-corrected chi connectivity index (χ4v) is 2.71. The molecule has 0 radical (unpaired) electrons. The zero-order valence-electron chi connectivity index (χ0n) is 13.9. The van der Waals surface area contributed by atoms with Crippen LogP contribution >= 0.6 is 0 Å². The van der Waals surface area contributed by atoms with Crippen LogP contribution in [0, 0.1) is 6.92 Å². The third kappa shape index (κ3) is 2.65. The molecule has 0 unspecified atom stereocenters. The van der Waals surface area contributed by atoms with Crippen LogP contribution < -0.4 is 11.2 Å². The second-order valence-corrected chi connectivity index (χ2v) is 5.65. The van der Waals surface area contributed by atoms with Crippen LogP contribution in [-0.2, 0) is 0 Å². The van der Waals surface area contributed by atoms with Crippen molar-refractivity contribution < 1.29 is 4.42 Å². The fourth-order valence-electron chi connectivity index (χ4n) is 2.71. The quantitative estimate of drug-likeness (QED) is 0.533. The highest BCUT2D eigenvalue weighted by molar-refractivity contribution is 5.80. The molecule has 0 fully saturated rings. The Morgan fingerprint density at radius 2 is 1.81 bits per heavy atom. The molecule has 26 heavy (non-hydrogen) atoms. The van der Waals surface area contributed by atoms with Gasteiger partial charge in [0.25, 0.3) is 5.56 Å². The van der Waals surface area contributed by atoms with Gasteiger partial charge in [-0.3, -0.25) is 9.78 Å². The summed E-state index contributed by atoms with van der Waals surface area (Å²) in [7, 11) is 0. The average Bonchev–Trinajstić information content (AvgIpc) is 3.08. The number of para-hydroxylation sites is 1. The summed E-state index contributed by atoms with van der Waals surface area (Å²) < 4.78 is 7.72. The third-order valence-corrected chi connectivity index (χ3v) is 3.92. The Labute approximate surface area is 147 Å². The predicted molar refractivity (Wildman–Crippen MR) is 98.0 cm³/mol. The first-order valence-electron chi connectivity index (χ1n) is 7.93. The summed E-state index contributed by atoms with van der Waals surface area (Å²) in [4.78, 5) is 29.8. The lowest BCUT2D eigenvalue weighted by Gasteiger charge is -2.10. The van der Waals surface area contributed by atoms with E-state index in [-0.39, 0.29) is 0 Å². The predicted octanol–water partition coefficient (Wildman–Crippen LogP) is 2.33. The van der Waals surface area contributed by atoms with Gasteiger partial charge in [0.15, 0.2) is 0 Å². The fraction of sp³-hybridized carbons (Fsp3) is 0.0526. The van der Waals surface area contributed by atoms with E-state index in [9.17, 15) is 9.59 Å². The van der Waals surface area contributed by atoms with Crippen molar-refractivity contribution in [3.63, 3.8) is 0 Å². The first-order valence-corrected chi connectivity index (χ1v) is 7.93. The zero-order chi connectivity index (χ0) is 18.1. The number of furan rings is 1. The lowest BCUT2D eigenvalue weighted by molar-refractivity contribution is 0.527. The Kier molecular flexibility index (Phi) is 3.81. The van der Waals surface area contributed by atoms with E-state index in [1.807, 2.05) is 6.92 Å². The monoisotopic (exact) mass is 346 g/mol. The molecule has 0 saturated heterocycles. The number of fused-ring (bicyclic) bond motifs is 1. The first-order chi connectivity index (χ1) is 12.6. The minimum Gasteiger partial charge on any atom is -0.460 e. The second-order valence-electron chi connectivity index (χ2n) is 5.65. The van der Waals surface area contributed by atoms with Crippen LogP contribution in [0.1, 0.15) is 11.5 Å². The maximum Gasteiger partial charge on any atom is 0.356 e. The second kappa shape index (κ2) is 6.29. The molecule has 0 atom stereocenters. The molecule has 0 aliphatic carbocycles.